The molecule has 0 aliphatic carbocycles. The highest BCUT2D eigenvalue weighted by atomic mass is 32.2. The molecule has 2 rings (SSSR count). The number of aromatic carboxylic acids is 1. The number of carboxylic acid groups (broad SMARTS) is 1. The average molecular weight is 316 g/mol. The molecule has 2 heterocycles. The predicted octanol–water partition coefficient (Wildman–Crippen LogP) is 0.0958. The first-order valence-corrected chi connectivity index (χ1v) is 7.91. The molecule has 2 aromatic rings. The fourth-order valence-electron chi connectivity index (χ4n) is 1.44. The summed E-state index contributed by atoms with van der Waals surface area (Å²) in [6.45, 7) is 0.145. The Labute approximate surface area is 119 Å². The van der Waals surface area contributed by atoms with Crippen molar-refractivity contribution in [1.29, 1.82) is 0 Å². The van der Waals surface area contributed by atoms with Crippen molar-refractivity contribution in [2.45, 2.75) is 10.6 Å². The summed E-state index contributed by atoms with van der Waals surface area (Å²) in [5, 5.41) is 14.1. The molecule has 0 fully saturated rings. The van der Waals surface area contributed by atoms with Crippen molar-refractivity contribution >= 4 is 27.3 Å². The molecule has 20 heavy (non-hydrogen) atoms. The number of hydrogen-bond acceptors (Lipinski definition) is 6. The van der Waals surface area contributed by atoms with Crippen LogP contribution in [0, 0.1) is 0 Å². The first kappa shape index (κ1) is 14.6. The number of sulfonamides is 1. The zero-order valence-electron chi connectivity index (χ0n) is 10.5. The first-order valence-electron chi connectivity index (χ1n) is 5.54. The average Bonchev–Trinajstić information content (AvgIpc) is 2.98. The molecule has 0 spiro atoms. The van der Waals surface area contributed by atoms with Gasteiger partial charge in [-0.1, -0.05) is 0 Å². The number of carbonyl (C=O) groups is 1. The summed E-state index contributed by atoms with van der Waals surface area (Å²) in [7, 11) is -1.97. The van der Waals surface area contributed by atoms with Gasteiger partial charge in [-0.2, -0.15) is 5.10 Å². The molecule has 0 amide bonds. The third-order valence-electron chi connectivity index (χ3n) is 2.37. The van der Waals surface area contributed by atoms with Crippen LogP contribution in [0.1, 0.15) is 16.2 Å². The molecule has 0 bridgehead atoms. The zero-order valence-corrected chi connectivity index (χ0v) is 12.1. The van der Waals surface area contributed by atoms with Crippen LogP contribution in [0.2, 0.25) is 0 Å². The third-order valence-corrected chi connectivity index (χ3v) is 5.28. The van der Waals surface area contributed by atoms with Gasteiger partial charge >= 0.3 is 5.97 Å². The molecule has 2 aromatic heterocycles. The molecule has 0 unspecified atom stereocenters. The van der Waals surface area contributed by atoms with E-state index in [4.69, 9.17) is 5.11 Å². The molecule has 0 saturated heterocycles. The molecule has 0 saturated carbocycles. The van der Waals surface area contributed by atoms with Gasteiger partial charge in [0.05, 0.1) is 5.56 Å². The number of aromatic nitrogens is 3. The van der Waals surface area contributed by atoms with E-state index in [0.29, 0.717) is 12.2 Å². The summed E-state index contributed by atoms with van der Waals surface area (Å²) in [6.07, 6.45) is 1.89. The smallest absolute Gasteiger partial charge is 0.336 e. The highest BCUT2D eigenvalue weighted by Gasteiger charge is 2.18. The second-order valence-electron chi connectivity index (χ2n) is 3.94. The molecule has 0 aromatic carbocycles. The van der Waals surface area contributed by atoms with Crippen molar-refractivity contribution in [2.75, 3.05) is 6.54 Å². The third kappa shape index (κ3) is 3.40. The van der Waals surface area contributed by atoms with E-state index in [1.54, 1.807) is 7.05 Å². The van der Waals surface area contributed by atoms with Crippen molar-refractivity contribution in [2.24, 2.45) is 7.05 Å². The Balaban J connectivity index is 1.98. The van der Waals surface area contributed by atoms with Crippen molar-refractivity contribution in [3.05, 3.63) is 29.2 Å². The van der Waals surface area contributed by atoms with Crippen LogP contribution in [0.4, 0.5) is 0 Å². The number of rotatable bonds is 6. The molecule has 0 atom stereocenters. The Kier molecular flexibility index (Phi) is 4.16. The van der Waals surface area contributed by atoms with E-state index in [1.807, 2.05) is 0 Å². The summed E-state index contributed by atoms with van der Waals surface area (Å²) in [5.74, 6) is -0.618. The van der Waals surface area contributed by atoms with Crippen molar-refractivity contribution < 1.29 is 18.3 Å². The van der Waals surface area contributed by atoms with Crippen LogP contribution < -0.4 is 4.72 Å². The van der Waals surface area contributed by atoms with Crippen molar-refractivity contribution in [3.63, 3.8) is 0 Å². The van der Waals surface area contributed by atoms with Gasteiger partial charge in [0, 0.05) is 25.4 Å². The first-order chi connectivity index (χ1) is 9.38. The Bertz CT molecular complexity index is 719. The summed E-state index contributed by atoms with van der Waals surface area (Å²) in [6, 6.07) is 1.13. The molecular weight excluding hydrogens is 304 g/mol. The van der Waals surface area contributed by atoms with Gasteiger partial charge in [-0.05, 0) is 6.07 Å². The number of aryl methyl sites for hydroxylation is 1. The van der Waals surface area contributed by atoms with Crippen LogP contribution in [0.15, 0.2) is 22.0 Å². The van der Waals surface area contributed by atoms with Crippen LogP contribution in [-0.4, -0.2) is 40.8 Å². The van der Waals surface area contributed by atoms with E-state index in [9.17, 15) is 13.2 Å². The monoisotopic (exact) mass is 316 g/mol. The van der Waals surface area contributed by atoms with Gasteiger partial charge in [-0.3, -0.25) is 4.68 Å². The lowest BCUT2D eigenvalue weighted by Crippen LogP contribution is -2.25. The van der Waals surface area contributed by atoms with E-state index in [0.717, 1.165) is 17.4 Å². The van der Waals surface area contributed by atoms with Gasteiger partial charge in [0.2, 0.25) is 10.0 Å². The highest BCUT2D eigenvalue weighted by molar-refractivity contribution is 7.91. The Morgan fingerprint density at radius 2 is 2.30 bits per heavy atom. The van der Waals surface area contributed by atoms with Gasteiger partial charge in [0.15, 0.2) is 5.82 Å². The minimum atomic E-state index is -3.69. The van der Waals surface area contributed by atoms with Crippen LogP contribution in [0.3, 0.4) is 0 Å². The predicted molar refractivity (Wildman–Crippen MR) is 71.2 cm³/mol. The number of nitrogens with one attached hydrogen (secondary N) is 1. The lowest BCUT2D eigenvalue weighted by atomic mass is 10.4. The van der Waals surface area contributed by atoms with Crippen molar-refractivity contribution in [1.82, 2.24) is 19.5 Å². The lowest BCUT2D eigenvalue weighted by Gasteiger charge is -2.02. The van der Waals surface area contributed by atoms with Gasteiger partial charge in [0.25, 0.3) is 0 Å². The second-order valence-corrected chi connectivity index (χ2v) is 6.85. The van der Waals surface area contributed by atoms with Crippen LogP contribution in [0.25, 0.3) is 0 Å². The maximum Gasteiger partial charge on any atom is 0.336 e. The van der Waals surface area contributed by atoms with Gasteiger partial charge < -0.3 is 5.11 Å². The largest absolute Gasteiger partial charge is 0.478 e. The SMILES string of the molecule is Cn1cnc(CCNS(=O)(=O)c2cc(C(=O)O)cs2)n1. The fourth-order valence-corrected chi connectivity index (χ4v) is 3.67. The number of nitrogens with zero attached hydrogens (tertiary/aromatic N) is 3. The molecule has 0 radical (unpaired) electrons. The zero-order chi connectivity index (χ0) is 14.8. The van der Waals surface area contributed by atoms with E-state index < -0.39 is 16.0 Å². The minimum Gasteiger partial charge on any atom is -0.478 e. The summed E-state index contributed by atoms with van der Waals surface area (Å²) in [4.78, 5) is 14.7. The molecule has 0 aliphatic rings. The van der Waals surface area contributed by atoms with Crippen molar-refractivity contribution in [3.8, 4) is 0 Å². The highest BCUT2D eigenvalue weighted by Crippen LogP contribution is 2.19. The topological polar surface area (TPSA) is 114 Å². The molecule has 108 valence electrons. The quantitative estimate of drug-likeness (QED) is 0.781. The number of hydrogen-bond donors (Lipinski definition) is 2. The van der Waals surface area contributed by atoms with Crippen LogP contribution >= 0.6 is 11.3 Å². The summed E-state index contributed by atoms with van der Waals surface area (Å²) < 4.78 is 27.7. The normalized spacial score (nSPS) is 11.7. The minimum absolute atomic E-state index is 0.0242. The van der Waals surface area contributed by atoms with E-state index in [1.165, 1.54) is 16.4 Å². The molecule has 10 heteroatoms. The molecule has 8 nitrogen and oxygen atoms in total. The van der Waals surface area contributed by atoms with E-state index in [-0.39, 0.29) is 16.3 Å². The maximum atomic E-state index is 11.9. The standard InChI is InChI=1S/C10H12N4O4S2/c1-14-6-11-8(13-14)2-3-12-20(17,18)9-4-7(5-19-9)10(15)16/h4-6,12H,2-3H2,1H3,(H,15,16). The number of carboxylic acids is 1. The van der Waals surface area contributed by atoms with E-state index >= 15 is 0 Å². The Hall–Kier alpha value is -1.78. The second kappa shape index (κ2) is 5.69. The Morgan fingerprint density at radius 1 is 1.55 bits per heavy atom. The van der Waals surface area contributed by atoms with Gasteiger partial charge in [0.1, 0.15) is 10.5 Å². The summed E-state index contributed by atoms with van der Waals surface area (Å²) >= 11 is 0.869. The van der Waals surface area contributed by atoms with E-state index in [2.05, 4.69) is 14.8 Å². The molecule has 2 N–H and O–H groups in total. The molecular formula is C10H12N4O4S2. The van der Waals surface area contributed by atoms with Gasteiger partial charge in [-0.25, -0.2) is 22.9 Å². The molecule has 0 aliphatic heterocycles. The van der Waals surface area contributed by atoms with Crippen LogP contribution in [0.5, 0.6) is 0 Å². The fraction of sp³-hybridized carbons (Fsp3) is 0.300. The lowest BCUT2D eigenvalue weighted by molar-refractivity contribution is 0.0697. The van der Waals surface area contributed by atoms with Crippen LogP contribution in [-0.2, 0) is 23.5 Å². The summed E-state index contributed by atoms with van der Waals surface area (Å²) in [5.41, 5.74) is -0.0400. The number of thiophene rings is 1. The maximum absolute atomic E-state index is 11.9. The Morgan fingerprint density at radius 3 is 2.85 bits per heavy atom. The van der Waals surface area contributed by atoms with Gasteiger partial charge in [-0.15, -0.1) is 11.3 Å².